The number of hydrogen-bond acceptors (Lipinski definition) is 3. The van der Waals surface area contributed by atoms with Crippen molar-refractivity contribution >= 4 is 16.9 Å². The first-order chi connectivity index (χ1) is 21.7. The number of pyridine rings is 2. The zero-order valence-corrected chi connectivity index (χ0v) is 24.3. The molecule has 0 fully saturated rings. The molecule has 1 aliphatic rings. The highest BCUT2D eigenvalue weighted by Crippen LogP contribution is 2.36. The third-order valence-corrected chi connectivity index (χ3v) is 7.95. The Morgan fingerprint density at radius 1 is 0.523 bits per heavy atom. The van der Waals surface area contributed by atoms with E-state index >= 15 is 0 Å². The molecular weight excluding hydrogens is 534 g/mol. The van der Waals surface area contributed by atoms with E-state index in [9.17, 15) is 0 Å². The lowest BCUT2D eigenvalue weighted by Gasteiger charge is -2.26. The molecule has 0 bridgehead atoms. The van der Waals surface area contributed by atoms with Gasteiger partial charge in [-0.3, -0.25) is 9.97 Å². The van der Waals surface area contributed by atoms with Gasteiger partial charge in [0.25, 0.3) is 0 Å². The fourth-order valence-corrected chi connectivity index (χ4v) is 5.69. The number of anilines is 2. The summed E-state index contributed by atoms with van der Waals surface area (Å²) in [6.07, 6.45) is 12.1. The topological polar surface area (TPSA) is 29.0 Å². The van der Waals surface area contributed by atoms with Crippen LogP contribution in [0.3, 0.4) is 0 Å². The summed E-state index contributed by atoms with van der Waals surface area (Å²) in [5.74, 6) is 0. The van der Waals surface area contributed by atoms with E-state index in [1.165, 1.54) is 0 Å². The largest absolute Gasteiger partial charge is 0.337 e. The molecule has 44 heavy (non-hydrogen) atoms. The van der Waals surface area contributed by atoms with Crippen LogP contribution in [0.15, 0.2) is 171 Å². The first kappa shape index (κ1) is 27.1. The fourth-order valence-electron chi connectivity index (χ4n) is 5.69. The van der Waals surface area contributed by atoms with Crippen LogP contribution in [0.4, 0.5) is 11.4 Å². The number of rotatable bonds is 5. The lowest BCUT2D eigenvalue weighted by atomic mass is 9.98. The lowest BCUT2D eigenvalue weighted by molar-refractivity contribution is 1.09. The van der Waals surface area contributed by atoms with Gasteiger partial charge in [0.1, 0.15) is 0 Å². The summed E-state index contributed by atoms with van der Waals surface area (Å²) < 4.78 is 0. The molecule has 0 amide bonds. The highest BCUT2D eigenvalue weighted by Gasteiger charge is 2.15. The van der Waals surface area contributed by atoms with Gasteiger partial charge in [-0.05, 0) is 87.5 Å². The second-order valence-corrected chi connectivity index (χ2v) is 10.8. The van der Waals surface area contributed by atoms with Gasteiger partial charge in [-0.1, -0.05) is 110 Å². The van der Waals surface area contributed by atoms with E-state index in [0.29, 0.717) is 0 Å². The molecule has 0 N–H and O–H groups in total. The molecule has 4 aromatic carbocycles. The normalized spacial score (nSPS) is 14.2. The number of hydrogen-bond donors (Lipinski definition) is 0. The molecule has 7 rings (SSSR count). The second-order valence-electron chi connectivity index (χ2n) is 10.8. The summed E-state index contributed by atoms with van der Waals surface area (Å²) in [5, 5.41) is 0. The Morgan fingerprint density at radius 2 is 1.11 bits per heavy atom. The van der Waals surface area contributed by atoms with Crippen molar-refractivity contribution in [3.8, 4) is 44.8 Å². The van der Waals surface area contributed by atoms with Gasteiger partial charge in [-0.2, -0.15) is 0 Å². The van der Waals surface area contributed by atoms with Crippen molar-refractivity contribution in [2.24, 2.45) is 0 Å². The monoisotopic (exact) mass is 565 g/mol. The fraction of sp³-hybridized carbons (Fsp3) is 0.0244. The molecule has 1 aliphatic heterocycles. The minimum absolute atomic E-state index is 0.761. The molecule has 0 aliphatic carbocycles. The van der Waals surface area contributed by atoms with Gasteiger partial charge >= 0.3 is 0 Å². The van der Waals surface area contributed by atoms with Crippen molar-refractivity contribution in [2.75, 3.05) is 11.4 Å². The summed E-state index contributed by atoms with van der Waals surface area (Å²) in [5.41, 5.74) is 13.0. The number of aromatic nitrogens is 2. The minimum atomic E-state index is 0.761. The van der Waals surface area contributed by atoms with Crippen LogP contribution in [0.2, 0.25) is 0 Å². The molecule has 0 radical (unpaired) electrons. The Kier molecular flexibility index (Phi) is 7.51. The molecule has 0 saturated heterocycles. The maximum atomic E-state index is 4.67. The van der Waals surface area contributed by atoms with E-state index in [-0.39, 0.29) is 0 Å². The smallest absolute Gasteiger partial charge is 0.0892 e. The van der Waals surface area contributed by atoms with Crippen LogP contribution in [0.5, 0.6) is 0 Å². The predicted molar refractivity (Wildman–Crippen MR) is 185 cm³/mol. The highest BCUT2D eigenvalue weighted by molar-refractivity contribution is 5.85. The average Bonchev–Trinajstić information content (AvgIpc) is 3.18. The van der Waals surface area contributed by atoms with Crippen LogP contribution >= 0.6 is 0 Å². The van der Waals surface area contributed by atoms with Gasteiger partial charge in [-0.25, -0.2) is 0 Å². The van der Waals surface area contributed by atoms with Gasteiger partial charge in [0.05, 0.1) is 11.4 Å². The van der Waals surface area contributed by atoms with E-state index in [2.05, 4.69) is 161 Å². The average molecular weight is 566 g/mol. The molecule has 210 valence electrons. The molecule has 3 heterocycles. The quantitative estimate of drug-likeness (QED) is 0.208. The predicted octanol–water partition coefficient (Wildman–Crippen LogP) is 10.4. The van der Waals surface area contributed by atoms with Crippen LogP contribution in [0.1, 0.15) is 5.56 Å². The van der Waals surface area contributed by atoms with E-state index < -0.39 is 0 Å². The maximum absolute atomic E-state index is 4.67. The van der Waals surface area contributed by atoms with Gasteiger partial charge in [-0.15, -0.1) is 0 Å². The molecule has 6 aromatic rings. The molecule has 3 heteroatoms. The highest BCUT2D eigenvalue weighted by atomic mass is 15.1. The summed E-state index contributed by atoms with van der Waals surface area (Å²) in [7, 11) is 0. The summed E-state index contributed by atoms with van der Waals surface area (Å²) in [6, 6.07) is 44.7. The van der Waals surface area contributed by atoms with Crippen LogP contribution in [-0.4, -0.2) is 16.5 Å². The van der Waals surface area contributed by atoms with Crippen LogP contribution in [-0.2, 0) is 0 Å². The standard InChI is InChI=1S/C41H31N3/c1-30-12-4-3-9-25-44(41-20-8-7-19-38(30)41)37-18-11-17-34(27-37)32-15-10-16-33(26-32)36-22-24-43-40(29-36)39-28-35(21-23-42-39)31-13-5-2-6-14-31/h2-24,26-29H,1,25H2/b9-3-,12-4-. The van der Waals surface area contributed by atoms with Gasteiger partial charge in [0.15, 0.2) is 0 Å². The third-order valence-electron chi connectivity index (χ3n) is 7.95. The number of benzene rings is 4. The van der Waals surface area contributed by atoms with Gasteiger partial charge < -0.3 is 4.90 Å². The number of para-hydroxylation sites is 1. The van der Waals surface area contributed by atoms with Gasteiger partial charge in [0.2, 0.25) is 0 Å². The zero-order valence-electron chi connectivity index (χ0n) is 24.3. The summed E-state index contributed by atoms with van der Waals surface area (Å²) in [4.78, 5) is 11.7. The van der Waals surface area contributed by atoms with Crippen molar-refractivity contribution < 1.29 is 0 Å². The number of allylic oxidation sites excluding steroid dienone is 4. The number of fused-ring (bicyclic) bond motifs is 1. The minimum Gasteiger partial charge on any atom is -0.337 e. The third kappa shape index (κ3) is 5.64. The maximum Gasteiger partial charge on any atom is 0.0892 e. The Morgan fingerprint density at radius 3 is 1.86 bits per heavy atom. The molecule has 0 spiro atoms. The van der Waals surface area contributed by atoms with E-state index in [1.54, 1.807) is 0 Å². The first-order valence-corrected chi connectivity index (χ1v) is 14.8. The first-order valence-electron chi connectivity index (χ1n) is 14.8. The second kappa shape index (κ2) is 12.2. The Labute approximate surface area is 258 Å². The molecule has 0 unspecified atom stereocenters. The summed E-state index contributed by atoms with van der Waals surface area (Å²) >= 11 is 0. The van der Waals surface area contributed by atoms with E-state index in [4.69, 9.17) is 0 Å². The Balaban J connectivity index is 1.22. The van der Waals surface area contributed by atoms with Gasteiger partial charge in [0, 0.05) is 35.9 Å². The Hall–Kier alpha value is -5.80. The van der Waals surface area contributed by atoms with E-state index in [1.807, 2.05) is 24.5 Å². The van der Waals surface area contributed by atoms with Crippen LogP contribution < -0.4 is 4.90 Å². The van der Waals surface area contributed by atoms with Crippen molar-refractivity contribution in [1.82, 2.24) is 9.97 Å². The van der Waals surface area contributed by atoms with Crippen molar-refractivity contribution in [3.63, 3.8) is 0 Å². The van der Waals surface area contributed by atoms with Crippen LogP contribution in [0.25, 0.3) is 50.3 Å². The Bertz CT molecular complexity index is 2020. The van der Waals surface area contributed by atoms with Crippen molar-refractivity contribution in [3.05, 3.63) is 176 Å². The SMILES string of the molecule is C=C1/C=C\C=C/CN(c2cccc(-c3cccc(-c4ccnc(-c5cc(-c6ccccc6)ccn5)c4)c3)c2)c2ccccc21. The summed E-state index contributed by atoms with van der Waals surface area (Å²) in [6.45, 7) is 5.08. The zero-order chi connectivity index (χ0) is 29.7. The molecule has 2 aromatic heterocycles. The molecule has 3 nitrogen and oxygen atoms in total. The van der Waals surface area contributed by atoms with Crippen LogP contribution in [0, 0.1) is 0 Å². The van der Waals surface area contributed by atoms with Crippen molar-refractivity contribution in [2.45, 2.75) is 0 Å². The van der Waals surface area contributed by atoms with Crippen molar-refractivity contribution in [1.29, 1.82) is 0 Å². The molecule has 0 atom stereocenters. The molecule has 0 saturated carbocycles. The number of nitrogens with zero attached hydrogens (tertiary/aromatic N) is 3. The molecular formula is C41H31N3. The van der Waals surface area contributed by atoms with E-state index in [0.717, 1.165) is 73.8 Å². The lowest BCUT2D eigenvalue weighted by Crippen LogP contribution is -2.18.